The highest BCUT2D eigenvalue weighted by atomic mass is 32.1. The molecular weight excluding hydrogens is 270 g/mol. The smallest absolute Gasteiger partial charge is 0.183 e. The van der Waals surface area contributed by atoms with Crippen LogP contribution < -0.4 is 5.32 Å². The van der Waals surface area contributed by atoms with Gasteiger partial charge in [0, 0.05) is 35.2 Å². The molecule has 0 fully saturated rings. The van der Waals surface area contributed by atoms with Crippen molar-refractivity contribution in [3.63, 3.8) is 0 Å². The Labute approximate surface area is 119 Å². The molecular formula is C14H9N5S. The van der Waals surface area contributed by atoms with Gasteiger partial charge in [0.2, 0.25) is 0 Å². The first-order valence-corrected chi connectivity index (χ1v) is 6.73. The third kappa shape index (κ3) is 2.48. The zero-order chi connectivity index (χ0) is 13.8. The molecule has 0 saturated heterocycles. The molecule has 0 unspecified atom stereocenters. The molecule has 2 aromatic heterocycles. The van der Waals surface area contributed by atoms with Crippen LogP contribution in [0.3, 0.4) is 0 Å². The molecule has 3 aromatic rings. The summed E-state index contributed by atoms with van der Waals surface area (Å²) in [6.45, 7) is 0. The van der Waals surface area contributed by atoms with Gasteiger partial charge in [-0.25, -0.2) is 15.0 Å². The summed E-state index contributed by atoms with van der Waals surface area (Å²) in [5, 5.41) is 15.0. The summed E-state index contributed by atoms with van der Waals surface area (Å²) >= 11 is 1.60. The zero-order valence-corrected chi connectivity index (χ0v) is 11.1. The Balaban J connectivity index is 1.84. The Morgan fingerprint density at radius 2 is 1.80 bits per heavy atom. The summed E-state index contributed by atoms with van der Waals surface area (Å²) in [6.07, 6.45) is 4.83. The lowest BCUT2D eigenvalue weighted by atomic mass is 10.2. The summed E-state index contributed by atoms with van der Waals surface area (Å²) in [5.41, 5.74) is 2.18. The average molecular weight is 279 g/mol. The second kappa shape index (κ2) is 5.47. The van der Waals surface area contributed by atoms with Gasteiger partial charge in [-0.2, -0.15) is 5.26 Å². The van der Waals surface area contributed by atoms with E-state index in [2.05, 4.69) is 20.3 Å². The van der Waals surface area contributed by atoms with Crippen molar-refractivity contribution < 1.29 is 0 Å². The fraction of sp³-hybridized carbons (Fsp3) is 0. The van der Waals surface area contributed by atoms with E-state index in [1.165, 1.54) is 6.20 Å². The number of hydrogen-bond donors (Lipinski definition) is 1. The highest BCUT2D eigenvalue weighted by molar-refractivity contribution is 7.13. The average Bonchev–Trinajstić information content (AvgIpc) is 3.03. The maximum Gasteiger partial charge on any atom is 0.183 e. The molecule has 0 atom stereocenters. The van der Waals surface area contributed by atoms with Gasteiger partial charge in [0.25, 0.3) is 0 Å². The van der Waals surface area contributed by atoms with Crippen LogP contribution in [-0.4, -0.2) is 15.0 Å². The molecule has 0 spiro atoms. The van der Waals surface area contributed by atoms with E-state index < -0.39 is 0 Å². The number of aromatic nitrogens is 3. The van der Waals surface area contributed by atoms with Crippen LogP contribution in [0.5, 0.6) is 0 Å². The Morgan fingerprint density at radius 1 is 1.00 bits per heavy atom. The number of nitrogens with one attached hydrogen (secondary N) is 1. The number of anilines is 2. The topological polar surface area (TPSA) is 74.5 Å². The molecule has 20 heavy (non-hydrogen) atoms. The van der Waals surface area contributed by atoms with Crippen molar-refractivity contribution in [2.24, 2.45) is 0 Å². The second-order valence-corrected chi connectivity index (χ2v) is 4.80. The molecule has 5 nitrogen and oxygen atoms in total. The number of thiazole rings is 1. The Hall–Kier alpha value is -2.78. The minimum absolute atomic E-state index is 0.275. The van der Waals surface area contributed by atoms with Crippen LogP contribution in [0.15, 0.2) is 48.2 Å². The first kappa shape index (κ1) is 12.3. The fourth-order valence-electron chi connectivity index (χ4n) is 1.71. The second-order valence-electron chi connectivity index (χ2n) is 3.90. The molecule has 0 aliphatic heterocycles. The van der Waals surface area contributed by atoms with E-state index in [1.807, 2.05) is 35.7 Å². The van der Waals surface area contributed by atoms with E-state index in [0.29, 0.717) is 5.82 Å². The predicted octanol–water partition coefficient (Wildman–Crippen LogP) is 3.22. The maximum absolute atomic E-state index is 8.97. The van der Waals surface area contributed by atoms with Crippen molar-refractivity contribution in [2.45, 2.75) is 0 Å². The molecule has 96 valence electrons. The molecule has 1 aromatic carbocycles. The molecule has 6 heteroatoms. The minimum atomic E-state index is 0.275. The Bertz CT molecular complexity index is 744. The number of benzene rings is 1. The van der Waals surface area contributed by atoms with Crippen LogP contribution >= 0.6 is 11.3 Å². The summed E-state index contributed by atoms with van der Waals surface area (Å²) < 4.78 is 0. The van der Waals surface area contributed by atoms with Gasteiger partial charge in [-0.15, -0.1) is 11.3 Å². The van der Waals surface area contributed by atoms with Crippen molar-refractivity contribution in [3.8, 4) is 16.6 Å². The van der Waals surface area contributed by atoms with Crippen molar-refractivity contribution in [1.29, 1.82) is 5.26 Å². The molecule has 0 aliphatic rings. The molecule has 2 heterocycles. The van der Waals surface area contributed by atoms with Crippen LogP contribution in [0.25, 0.3) is 10.6 Å². The van der Waals surface area contributed by atoms with Gasteiger partial charge >= 0.3 is 0 Å². The molecule has 0 saturated carbocycles. The van der Waals surface area contributed by atoms with Gasteiger partial charge in [0.05, 0.1) is 0 Å². The monoisotopic (exact) mass is 279 g/mol. The van der Waals surface area contributed by atoms with Gasteiger partial charge in [0.15, 0.2) is 11.5 Å². The number of rotatable bonds is 3. The third-order valence-electron chi connectivity index (χ3n) is 2.63. The molecule has 3 rings (SSSR count). The van der Waals surface area contributed by atoms with Crippen molar-refractivity contribution in [3.05, 3.63) is 53.9 Å². The van der Waals surface area contributed by atoms with Crippen LogP contribution in [0, 0.1) is 11.3 Å². The Kier molecular flexibility index (Phi) is 3.35. The third-order valence-corrected chi connectivity index (χ3v) is 3.45. The van der Waals surface area contributed by atoms with Crippen molar-refractivity contribution in [1.82, 2.24) is 15.0 Å². The number of nitriles is 1. The summed E-state index contributed by atoms with van der Waals surface area (Å²) in [5.74, 6) is 0.456. The first-order valence-electron chi connectivity index (χ1n) is 5.85. The summed E-state index contributed by atoms with van der Waals surface area (Å²) in [6, 6.07) is 9.80. The molecule has 1 N–H and O–H groups in total. The van der Waals surface area contributed by atoms with Crippen LogP contribution in [0.4, 0.5) is 11.5 Å². The first-order chi connectivity index (χ1) is 9.86. The fourth-order valence-corrected chi connectivity index (χ4v) is 2.35. The Morgan fingerprint density at radius 3 is 2.50 bits per heavy atom. The zero-order valence-electron chi connectivity index (χ0n) is 10.3. The van der Waals surface area contributed by atoms with E-state index in [1.54, 1.807) is 23.7 Å². The minimum Gasteiger partial charge on any atom is -0.338 e. The number of nitrogens with zero attached hydrogens (tertiary/aromatic N) is 4. The predicted molar refractivity (Wildman–Crippen MR) is 77.6 cm³/mol. The number of hydrogen-bond acceptors (Lipinski definition) is 6. The van der Waals surface area contributed by atoms with Crippen LogP contribution in [-0.2, 0) is 0 Å². The van der Waals surface area contributed by atoms with Gasteiger partial charge in [-0.05, 0) is 24.3 Å². The summed E-state index contributed by atoms with van der Waals surface area (Å²) in [7, 11) is 0. The lowest BCUT2D eigenvalue weighted by Gasteiger charge is -2.06. The van der Waals surface area contributed by atoms with Crippen molar-refractivity contribution >= 4 is 22.8 Å². The molecule has 0 aliphatic carbocycles. The van der Waals surface area contributed by atoms with E-state index in [4.69, 9.17) is 5.26 Å². The highest BCUT2D eigenvalue weighted by Crippen LogP contribution is 2.24. The normalized spacial score (nSPS) is 9.95. The van der Waals surface area contributed by atoms with Gasteiger partial charge < -0.3 is 5.32 Å². The van der Waals surface area contributed by atoms with Crippen LogP contribution in [0.2, 0.25) is 0 Å². The van der Waals surface area contributed by atoms with Gasteiger partial charge in [0.1, 0.15) is 11.1 Å². The van der Waals surface area contributed by atoms with Gasteiger partial charge in [-0.1, -0.05) is 0 Å². The van der Waals surface area contributed by atoms with E-state index in [-0.39, 0.29) is 5.69 Å². The lowest BCUT2D eigenvalue weighted by Crippen LogP contribution is -1.98. The quantitative estimate of drug-likeness (QED) is 0.796. The van der Waals surface area contributed by atoms with Crippen molar-refractivity contribution in [2.75, 3.05) is 5.32 Å². The molecule has 0 amide bonds. The van der Waals surface area contributed by atoms with E-state index >= 15 is 0 Å². The van der Waals surface area contributed by atoms with E-state index in [0.717, 1.165) is 16.3 Å². The highest BCUT2D eigenvalue weighted by Gasteiger charge is 2.05. The summed E-state index contributed by atoms with van der Waals surface area (Å²) in [4.78, 5) is 12.3. The van der Waals surface area contributed by atoms with Gasteiger partial charge in [-0.3, -0.25) is 0 Å². The SMILES string of the molecule is N#Cc1nccnc1Nc1ccc(-c2nccs2)cc1. The molecule has 0 radical (unpaired) electrons. The van der Waals surface area contributed by atoms with Crippen LogP contribution in [0.1, 0.15) is 5.69 Å². The van der Waals surface area contributed by atoms with E-state index in [9.17, 15) is 0 Å². The standard InChI is InChI=1S/C14H9N5S/c15-9-12-13(17-6-5-16-12)19-11-3-1-10(2-4-11)14-18-7-8-20-14/h1-8H,(H,17,19). The molecule has 0 bridgehead atoms. The lowest BCUT2D eigenvalue weighted by molar-refractivity contribution is 1.16. The largest absolute Gasteiger partial charge is 0.338 e. The maximum atomic E-state index is 8.97.